The third-order valence-electron chi connectivity index (χ3n) is 4.76. The van der Waals surface area contributed by atoms with Crippen LogP contribution >= 0.6 is 27.7 Å². The molecule has 0 aliphatic heterocycles. The third-order valence-corrected chi connectivity index (χ3v) is 6.44. The summed E-state index contributed by atoms with van der Waals surface area (Å²) >= 11 is 5.20. The van der Waals surface area contributed by atoms with E-state index in [2.05, 4.69) is 45.2 Å². The molecule has 5 heteroatoms. The quantitative estimate of drug-likeness (QED) is 0.328. The number of amides is 1. The molecular weight excluding hydrogens is 444 g/mol. The van der Waals surface area contributed by atoms with Gasteiger partial charge in [0, 0.05) is 39.6 Å². The van der Waals surface area contributed by atoms with Crippen molar-refractivity contribution in [3.05, 3.63) is 101 Å². The number of rotatable bonds is 7. The molecule has 1 aromatic heterocycles. The van der Waals surface area contributed by atoms with Gasteiger partial charge in [-0.1, -0.05) is 82.7 Å². The van der Waals surface area contributed by atoms with Crippen molar-refractivity contribution >= 4 is 44.5 Å². The number of nitrogens with one attached hydrogen (secondary N) is 1. The lowest BCUT2D eigenvalue weighted by molar-refractivity contribution is -0.129. The van der Waals surface area contributed by atoms with Crippen LogP contribution in [0.3, 0.4) is 0 Å². The first-order chi connectivity index (χ1) is 14.2. The Morgan fingerprint density at radius 1 is 0.862 bits per heavy atom. The zero-order chi connectivity index (χ0) is 20.1. The Labute approximate surface area is 183 Å². The van der Waals surface area contributed by atoms with Crippen LogP contribution in [0.15, 0.2) is 94.4 Å². The van der Waals surface area contributed by atoms with Crippen molar-refractivity contribution in [3.63, 3.8) is 0 Å². The van der Waals surface area contributed by atoms with Gasteiger partial charge in [0.25, 0.3) is 0 Å². The van der Waals surface area contributed by atoms with Crippen LogP contribution in [-0.4, -0.2) is 21.5 Å². The van der Waals surface area contributed by atoms with Crippen molar-refractivity contribution in [1.29, 1.82) is 0 Å². The summed E-state index contributed by atoms with van der Waals surface area (Å²) in [5.41, 5.74) is 3.34. The van der Waals surface area contributed by atoms with Gasteiger partial charge in [0.15, 0.2) is 0 Å². The highest BCUT2D eigenvalue weighted by atomic mass is 79.9. The van der Waals surface area contributed by atoms with Crippen molar-refractivity contribution in [2.45, 2.75) is 18.0 Å². The Balaban J connectivity index is 1.51. The number of hydrogen-bond donors (Lipinski definition) is 1. The molecule has 0 unspecified atom stereocenters. The third kappa shape index (κ3) is 4.92. The fourth-order valence-electron chi connectivity index (χ4n) is 3.29. The van der Waals surface area contributed by atoms with Gasteiger partial charge in [-0.3, -0.25) is 4.79 Å². The van der Waals surface area contributed by atoms with Crippen LogP contribution in [0.1, 0.15) is 11.1 Å². The number of carbonyl (C=O) groups excluding carboxylic acids is 1. The van der Waals surface area contributed by atoms with E-state index in [4.69, 9.17) is 0 Å². The number of benzene rings is 3. The number of H-pyrrole nitrogens is 1. The Bertz CT molecular complexity index is 1050. The molecule has 0 bridgehead atoms. The van der Waals surface area contributed by atoms with Gasteiger partial charge in [-0.05, 0) is 23.3 Å². The molecule has 3 aromatic carbocycles. The Kier molecular flexibility index (Phi) is 6.37. The van der Waals surface area contributed by atoms with Gasteiger partial charge in [0.2, 0.25) is 5.91 Å². The second-order valence-corrected chi connectivity index (χ2v) is 8.70. The predicted octanol–water partition coefficient (Wildman–Crippen LogP) is 6.25. The first-order valence-corrected chi connectivity index (χ1v) is 11.2. The van der Waals surface area contributed by atoms with Gasteiger partial charge >= 0.3 is 0 Å². The number of nitrogens with zero attached hydrogens (tertiary/aromatic N) is 1. The van der Waals surface area contributed by atoms with Gasteiger partial charge < -0.3 is 9.88 Å². The van der Waals surface area contributed by atoms with Crippen LogP contribution in [0.25, 0.3) is 10.9 Å². The number of halogens is 1. The van der Waals surface area contributed by atoms with Crippen LogP contribution in [0.4, 0.5) is 0 Å². The van der Waals surface area contributed by atoms with Crippen LogP contribution in [0.5, 0.6) is 0 Å². The first kappa shape index (κ1) is 19.8. The van der Waals surface area contributed by atoms with E-state index < -0.39 is 0 Å². The molecule has 0 spiro atoms. The molecule has 146 valence electrons. The minimum atomic E-state index is 0.129. The number of carbonyl (C=O) groups is 1. The molecule has 1 amide bonds. The zero-order valence-electron chi connectivity index (χ0n) is 15.8. The average molecular weight is 465 g/mol. The van der Waals surface area contributed by atoms with Gasteiger partial charge in [-0.15, -0.1) is 11.8 Å². The highest BCUT2D eigenvalue weighted by molar-refractivity contribution is 9.10. The van der Waals surface area contributed by atoms with Crippen LogP contribution in [0.2, 0.25) is 0 Å². The molecular formula is C24H21BrN2OS. The topological polar surface area (TPSA) is 36.1 Å². The number of aromatic amines is 1. The van der Waals surface area contributed by atoms with E-state index >= 15 is 0 Å². The van der Waals surface area contributed by atoms with E-state index in [0.717, 1.165) is 31.4 Å². The monoisotopic (exact) mass is 464 g/mol. The molecule has 0 atom stereocenters. The van der Waals surface area contributed by atoms with Crippen molar-refractivity contribution in [2.75, 3.05) is 5.75 Å². The highest BCUT2D eigenvalue weighted by Gasteiger charge is 2.17. The maximum atomic E-state index is 13.2. The molecule has 3 nitrogen and oxygen atoms in total. The molecule has 0 fully saturated rings. The summed E-state index contributed by atoms with van der Waals surface area (Å²) in [6.07, 6.45) is 1.98. The molecule has 4 rings (SSSR count). The maximum Gasteiger partial charge on any atom is 0.233 e. The van der Waals surface area contributed by atoms with E-state index in [0.29, 0.717) is 18.8 Å². The molecule has 0 radical (unpaired) electrons. The number of hydrogen-bond acceptors (Lipinski definition) is 2. The van der Waals surface area contributed by atoms with E-state index in [9.17, 15) is 4.79 Å². The molecule has 1 N–H and O–H groups in total. The Morgan fingerprint density at radius 2 is 1.48 bits per heavy atom. The summed E-state index contributed by atoms with van der Waals surface area (Å²) in [6, 6.07) is 26.4. The lowest BCUT2D eigenvalue weighted by Gasteiger charge is -2.23. The number of aromatic nitrogens is 1. The Morgan fingerprint density at radius 3 is 2.10 bits per heavy atom. The molecule has 4 aromatic rings. The normalized spacial score (nSPS) is 10.9. The SMILES string of the molecule is O=C(CSc1c[nH]c2cccc(Br)c12)N(Cc1ccccc1)Cc1ccccc1. The van der Waals surface area contributed by atoms with Gasteiger partial charge in [-0.25, -0.2) is 0 Å². The highest BCUT2D eigenvalue weighted by Crippen LogP contribution is 2.33. The molecule has 0 saturated heterocycles. The van der Waals surface area contributed by atoms with E-state index in [1.807, 2.05) is 65.7 Å². The maximum absolute atomic E-state index is 13.2. The minimum Gasteiger partial charge on any atom is -0.360 e. The second kappa shape index (κ2) is 9.33. The van der Waals surface area contributed by atoms with Crippen LogP contribution < -0.4 is 0 Å². The van der Waals surface area contributed by atoms with Crippen molar-refractivity contribution < 1.29 is 4.79 Å². The first-order valence-electron chi connectivity index (χ1n) is 9.45. The van der Waals surface area contributed by atoms with E-state index in [1.165, 1.54) is 0 Å². The zero-order valence-corrected chi connectivity index (χ0v) is 18.2. The molecule has 1 heterocycles. The van der Waals surface area contributed by atoms with E-state index in [-0.39, 0.29) is 5.91 Å². The van der Waals surface area contributed by atoms with Crippen molar-refractivity contribution in [3.8, 4) is 0 Å². The van der Waals surface area contributed by atoms with Crippen LogP contribution in [-0.2, 0) is 17.9 Å². The summed E-state index contributed by atoms with van der Waals surface area (Å²) < 4.78 is 1.04. The van der Waals surface area contributed by atoms with Gasteiger partial charge in [0.05, 0.1) is 5.75 Å². The minimum absolute atomic E-state index is 0.129. The predicted molar refractivity (Wildman–Crippen MR) is 124 cm³/mol. The Hall–Kier alpha value is -2.50. The largest absolute Gasteiger partial charge is 0.360 e. The summed E-state index contributed by atoms with van der Waals surface area (Å²) in [5, 5.41) is 1.13. The number of fused-ring (bicyclic) bond motifs is 1. The van der Waals surface area contributed by atoms with Crippen LogP contribution in [0, 0.1) is 0 Å². The summed E-state index contributed by atoms with van der Waals surface area (Å²) in [5.74, 6) is 0.526. The molecule has 29 heavy (non-hydrogen) atoms. The second-order valence-electron chi connectivity index (χ2n) is 6.82. The van der Waals surface area contributed by atoms with Gasteiger partial charge in [-0.2, -0.15) is 0 Å². The lowest BCUT2D eigenvalue weighted by Crippen LogP contribution is -2.31. The van der Waals surface area contributed by atoms with Gasteiger partial charge in [0.1, 0.15) is 0 Å². The molecule has 0 aliphatic rings. The fraction of sp³-hybridized carbons (Fsp3) is 0.125. The number of thioether (sulfide) groups is 1. The summed E-state index contributed by atoms with van der Waals surface area (Å²) in [7, 11) is 0. The smallest absolute Gasteiger partial charge is 0.233 e. The summed E-state index contributed by atoms with van der Waals surface area (Å²) in [4.78, 5) is 19.5. The van der Waals surface area contributed by atoms with E-state index in [1.54, 1.807) is 11.8 Å². The van der Waals surface area contributed by atoms with Crippen molar-refractivity contribution in [1.82, 2.24) is 9.88 Å². The molecule has 0 saturated carbocycles. The lowest BCUT2D eigenvalue weighted by atomic mass is 10.1. The fourth-order valence-corrected chi connectivity index (χ4v) is 4.97. The molecule has 0 aliphatic carbocycles. The average Bonchev–Trinajstić information content (AvgIpc) is 3.17. The van der Waals surface area contributed by atoms with Crippen molar-refractivity contribution in [2.24, 2.45) is 0 Å². The standard InChI is InChI=1S/C24H21BrN2OS/c25-20-12-7-13-21-24(20)22(14-26-21)29-17-23(28)27(15-18-8-3-1-4-9-18)16-19-10-5-2-6-11-19/h1-14,26H,15-17H2. The summed E-state index contributed by atoms with van der Waals surface area (Å²) in [6.45, 7) is 1.21.